The van der Waals surface area contributed by atoms with E-state index in [1.807, 2.05) is 6.92 Å². The maximum Gasteiger partial charge on any atom is 0.401 e. The van der Waals surface area contributed by atoms with Gasteiger partial charge in [0.05, 0.1) is 6.54 Å². The van der Waals surface area contributed by atoms with Crippen LogP contribution in [-0.2, 0) is 0 Å². The lowest BCUT2D eigenvalue weighted by Gasteiger charge is -2.39. The maximum absolute atomic E-state index is 12.0. The molecule has 1 heterocycles. The summed E-state index contributed by atoms with van der Waals surface area (Å²) in [7, 11) is 0. The highest BCUT2D eigenvalue weighted by molar-refractivity contribution is 4.79. The Balaban J connectivity index is 2.22. The molecule has 0 saturated carbocycles. The van der Waals surface area contributed by atoms with Crippen LogP contribution in [0.15, 0.2) is 0 Å². The molecule has 1 fully saturated rings. The Bertz CT molecular complexity index is 235. The highest BCUT2D eigenvalue weighted by Gasteiger charge is 2.27. The van der Waals surface area contributed by atoms with E-state index in [2.05, 4.69) is 29.0 Å². The number of halogens is 3. The molecule has 0 aliphatic carbocycles. The van der Waals surface area contributed by atoms with Gasteiger partial charge in [-0.2, -0.15) is 13.2 Å². The molecule has 0 aromatic carbocycles. The van der Waals surface area contributed by atoms with E-state index in [1.54, 1.807) is 0 Å². The lowest BCUT2D eigenvalue weighted by molar-refractivity contribution is -0.125. The lowest BCUT2D eigenvalue weighted by atomic mass is 10.2. The van der Waals surface area contributed by atoms with E-state index in [4.69, 9.17) is 0 Å². The van der Waals surface area contributed by atoms with E-state index in [9.17, 15) is 13.2 Å². The Hall–Kier alpha value is -0.330. The van der Waals surface area contributed by atoms with Gasteiger partial charge in [-0.15, -0.1) is 0 Å². The third-order valence-corrected chi connectivity index (χ3v) is 3.47. The van der Waals surface area contributed by atoms with Crippen LogP contribution in [0, 0.1) is 0 Å². The molecule has 0 radical (unpaired) electrons. The molecular formula is C12H24F3N3. The van der Waals surface area contributed by atoms with Crippen LogP contribution >= 0.6 is 0 Å². The third kappa shape index (κ3) is 5.54. The van der Waals surface area contributed by atoms with Gasteiger partial charge in [0.15, 0.2) is 0 Å². The van der Waals surface area contributed by atoms with Crippen LogP contribution in [0.5, 0.6) is 0 Å². The minimum atomic E-state index is -4.12. The summed E-state index contributed by atoms with van der Waals surface area (Å²) in [5.41, 5.74) is 0. The highest BCUT2D eigenvalue weighted by atomic mass is 19.4. The molecule has 18 heavy (non-hydrogen) atoms. The van der Waals surface area contributed by atoms with Crippen LogP contribution in [0.1, 0.15) is 20.8 Å². The first-order chi connectivity index (χ1) is 8.29. The minimum absolute atomic E-state index is 0.154. The van der Waals surface area contributed by atoms with Crippen molar-refractivity contribution < 1.29 is 13.2 Å². The first-order valence-electron chi connectivity index (χ1n) is 6.55. The van der Waals surface area contributed by atoms with Crippen molar-refractivity contribution in [2.45, 2.75) is 39.0 Å². The van der Waals surface area contributed by atoms with Gasteiger partial charge in [0.25, 0.3) is 0 Å². The van der Waals surface area contributed by atoms with Crippen molar-refractivity contribution in [2.75, 3.05) is 39.3 Å². The molecule has 1 N–H and O–H groups in total. The largest absolute Gasteiger partial charge is 0.401 e. The van der Waals surface area contributed by atoms with Crippen molar-refractivity contribution >= 4 is 0 Å². The van der Waals surface area contributed by atoms with Gasteiger partial charge < -0.3 is 5.32 Å². The molecule has 1 rings (SSSR count). The summed E-state index contributed by atoms with van der Waals surface area (Å²) in [6.45, 7) is 9.69. The number of hydrogen-bond acceptors (Lipinski definition) is 3. The van der Waals surface area contributed by atoms with Crippen molar-refractivity contribution in [1.29, 1.82) is 0 Å². The van der Waals surface area contributed by atoms with Crippen molar-refractivity contribution in [3.63, 3.8) is 0 Å². The summed E-state index contributed by atoms with van der Waals surface area (Å²) in [5, 5.41) is 2.48. The van der Waals surface area contributed by atoms with Gasteiger partial charge in [-0.1, -0.05) is 0 Å². The molecule has 3 nitrogen and oxygen atoms in total. The predicted molar refractivity (Wildman–Crippen MR) is 66.7 cm³/mol. The Labute approximate surface area is 107 Å². The van der Waals surface area contributed by atoms with E-state index in [0.29, 0.717) is 12.6 Å². The molecule has 6 heteroatoms. The zero-order valence-corrected chi connectivity index (χ0v) is 11.4. The normalized spacial score (nSPS) is 21.5. The molecule has 1 aliphatic rings. The summed E-state index contributed by atoms with van der Waals surface area (Å²) < 4.78 is 36.0. The fraction of sp³-hybridized carbons (Fsp3) is 1.00. The first-order valence-corrected chi connectivity index (χ1v) is 6.55. The fourth-order valence-electron chi connectivity index (χ4n) is 2.25. The predicted octanol–water partition coefficient (Wildman–Crippen LogP) is 1.55. The summed E-state index contributed by atoms with van der Waals surface area (Å²) in [6.07, 6.45) is -4.12. The smallest absolute Gasteiger partial charge is 0.307 e. The Morgan fingerprint density at radius 3 is 1.94 bits per heavy atom. The van der Waals surface area contributed by atoms with Gasteiger partial charge in [-0.25, -0.2) is 0 Å². The average molecular weight is 267 g/mol. The third-order valence-electron chi connectivity index (χ3n) is 3.47. The lowest BCUT2D eigenvalue weighted by Crippen LogP contribution is -2.53. The van der Waals surface area contributed by atoms with Gasteiger partial charge in [0.2, 0.25) is 0 Å². The van der Waals surface area contributed by atoms with Crippen molar-refractivity contribution in [3.05, 3.63) is 0 Å². The maximum atomic E-state index is 12.0. The van der Waals surface area contributed by atoms with Gasteiger partial charge in [0.1, 0.15) is 0 Å². The van der Waals surface area contributed by atoms with Crippen LogP contribution in [0.25, 0.3) is 0 Å². The molecular weight excluding hydrogens is 243 g/mol. The second-order valence-electron chi connectivity index (χ2n) is 5.26. The molecule has 1 atom stereocenters. The van der Waals surface area contributed by atoms with E-state index >= 15 is 0 Å². The summed E-state index contributed by atoms with van der Waals surface area (Å²) in [5.74, 6) is 0. The standard InChI is InChI=1S/C12H24F3N3/c1-10(2)17-4-6-18(7-5-17)11(3)8-16-9-12(13,14)15/h10-11,16H,4-9H2,1-3H3. The molecule has 0 amide bonds. The quantitative estimate of drug-likeness (QED) is 0.815. The van der Waals surface area contributed by atoms with E-state index < -0.39 is 12.7 Å². The molecule has 0 aromatic rings. The number of nitrogens with zero attached hydrogens (tertiary/aromatic N) is 2. The number of nitrogens with one attached hydrogen (secondary N) is 1. The second kappa shape index (κ2) is 6.73. The highest BCUT2D eigenvalue weighted by Crippen LogP contribution is 2.13. The van der Waals surface area contributed by atoms with Crippen LogP contribution in [-0.4, -0.2) is 67.3 Å². The summed E-state index contributed by atoms with van der Waals surface area (Å²) in [4.78, 5) is 4.65. The van der Waals surface area contributed by atoms with Crippen molar-refractivity contribution in [3.8, 4) is 0 Å². The van der Waals surface area contributed by atoms with Crippen LogP contribution in [0.4, 0.5) is 13.2 Å². The summed E-state index contributed by atoms with van der Waals surface area (Å²) >= 11 is 0. The average Bonchev–Trinajstić information content (AvgIpc) is 2.27. The van der Waals surface area contributed by atoms with Gasteiger partial charge in [-0.05, 0) is 20.8 Å². The number of alkyl halides is 3. The fourth-order valence-corrected chi connectivity index (χ4v) is 2.25. The van der Waals surface area contributed by atoms with Crippen molar-refractivity contribution in [2.24, 2.45) is 0 Å². The van der Waals surface area contributed by atoms with E-state index in [-0.39, 0.29) is 6.04 Å². The molecule has 0 aromatic heterocycles. The van der Waals surface area contributed by atoms with Gasteiger partial charge in [-0.3, -0.25) is 9.80 Å². The Morgan fingerprint density at radius 1 is 1.00 bits per heavy atom. The van der Waals surface area contributed by atoms with Crippen molar-refractivity contribution in [1.82, 2.24) is 15.1 Å². The van der Waals surface area contributed by atoms with E-state index in [0.717, 1.165) is 26.2 Å². The molecule has 0 spiro atoms. The number of piperazine rings is 1. The number of rotatable bonds is 5. The van der Waals surface area contributed by atoms with Crippen LogP contribution in [0.2, 0.25) is 0 Å². The van der Waals surface area contributed by atoms with Gasteiger partial charge >= 0.3 is 6.18 Å². The Kier molecular flexibility index (Phi) is 5.88. The molecule has 1 unspecified atom stereocenters. The first kappa shape index (κ1) is 15.7. The van der Waals surface area contributed by atoms with E-state index in [1.165, 1.54) is 0 Å². The SMILES string of the molecule is CC(C)N1CCN(C(C)CNCC(F)(F)F)CC1. The molecule has 108 valence electrons. The zero-order valence-electron chi connectivity index (χ0n) is 11.4. The molecule has 0 bridgehead atoms. The second-order valence-corrected chi connectivity index (χ2v) is 5.26. The number of hydrogen-bond donors (Lipinski definition) is 1. The van der Waals surface area contributed by atoms with Crippen LogP contribution < -0.4 is 5.32 Å². The van der Waals surface area contributed by atoms with Gasteiger partial charge in [0, 0.05) is 44.8 Å². The summed E-state index contributed by atoms with van der Waals surface area (Å²) in [6, 6.07) is 0.701. The Morgan fingerprint density at radius 2 is 1.50 bits per heavy atom. The topological polar surface area (TPSA) is 18.5 Å². The van der Waals surface area contributed by atoms with Crippen LogP contribution in [0.3, 0.4) is 0 Å². The molecule has 1 aliphatic heterocycles. The monoisotopic (exact) mass is 267 g/mol. The molecule has 1 saturated heterocycles. The zero-order chi connectivity index (χ0) is 13.8. The minimum Gasteiger partial charge on any atom is -0.307 e.